The third-order valence-electron chi connectivity index (χ3n) is 19.3. The highest BCUT2D eigenvalue weighted by Gasteiger charge is 2.48. The summed E-state index contributed by atoms with van der Waals surface area (Å²) in [6.07, 6.45) is 7.09. The summed E-state index contributed by atoms with van der Waals surface area (Å²) in [6.45, 7) is 32.1. The maximum absolute atomic E-state index is 2.75. The van der Waals surface area contributed by atoms with E-state index in [9.17, 15) is 0 Å². The molecule has 0 bridgehead atoms. The average molecular weight is 973 g/mol. The van der Waals surface area contributed by atoms with Crippen molar-refractivity contribution in [3.8, 4) is 22.3 Å². The SMILES string of the molecule is Cc1cc2c3c(c1)N(c1ccc4c(c1)C(C)(C)CCC4(C)C)c1c(sc4cc5c(cc14)C(C)(C)CCC5(C)C)B3c1ccc(-c3ccccc3)cc1N2c1cc2c(cc1-c1ccccc1)C(C)(C)CCC2(C)C. The minimum atomic E-state index is 0.0216. The van der Waals surface area contributed by atoms with Gasteiger partial charge in [0, 0.05) is 43.2 Å². The number of aryl methyl sites for hydroxylation is 1. The molecule has 0 fully saturated rings. The van der Waals surface area contributed by atoms with E-state index in [-0.39, 0.29) is 39.2 Å². The van der Waals surface area contributed by atoms with Crippen LogP contribution in [0.1, 0.15) is 161 Å². The number of anilines is 6. The van der Waals surface area contributed by atoms with E-state index in [1.54, 1.807) is 0 Å². The Morgan fingerprint density at radius 2 is 0.918 bits per heavy atom. The molecule has 2 aliphatic heterocycles. The molecule has 0 saturated heterocycles. The Bertz CT molecular complexity index is 3600. The third-order valence-corrected chi connectivity index (χ3v) is 20.5. The van der Waals surface area contributed by atoms with Crippen LogP contribution in [0, 0.1) is 6.92 Å². The molecule has 368 valence electrons. The molecule has 3 heterocycles. The van der Waals surface area contributed by atoms with Crippen molar-refractivity contribution < 1.29 is 0 Å². The lowest BCUT2D eigenvalue weighted by atomic mass is 9.36. The van der Waals surface area contributed by atoms with Crippen LogP contribution in [0.3, 0.4) is 0 Å². The summed E-state index contributed by atoms with van der Waals surface area (Å²) in [5.41, 5.74) is 26.3. The fourth-order valence-corrected chi connectivity index (χ4v) is 15.7. The maximum atomic E-state index is 2.75. The van der Waals surface area contributed by atoms with Gasteiger partial charge in [0.15, 0.2) is 0 Å². The summed E-state index contributed by atoms with van der Waals surface area (Å²) in [6, 6.07) is 53.0. The van der Waals surface area contributed by atoms with E-state index in [0.717, 1.165) is 6.42 Å². The van der Waals surface area contributed by atoms with E-state index in [1.807, 2.05) is 0 Å². The quantitative estimate of drug-likeness (QED) is 0.162. The molecule has 13 rings (SSSR count). The zero-order valence-corrected chi connectivity index (χ0v) is 46.6. The van der Waals surface area contributed by atoms with Gasteiger partial charge in [-0.2, -0.15) is 0 Å². The molecule has 5 aliphatic rings. The molecule has 0 N–H and O–H groups in total. The van der Waals surface area contributed by atoms with Gasteiger partial charge in [0.2, 0.25) is 0 Å². The molecule has 0 spiro atoms. The van der Waals surface area contributed by atoms with E-state index in [1.165, 1.54) is 153 Å². The predicted octanol–water partition coefficient (Wildman–Crippen LogP) is 17.7. The van der Waals surface area contributed by atoms with Crippen molar-refractivity contribution in [2.45, 2.75) is 161 Å². The molecular weight excluding hydrogens is 900 g/mol. The van der Waals surface area contributed by atoms with Crippen LogP contribution in [0.15, 0.2) is 133 Å². The summed E-state index contributed by atoms with van der Waals surface area (Å²) in [7, 11) is 0. The minimum absolute atomic E-state index is 0.0216. The van der Waals surface area contributed by atoms with Crippen molar-refractivity contribution in [1.82, 2.24) is 0 Å². The van der Waals surface area contributed by atoms with E-state index >= 15 is 0 Å². The van der Waals surface area contributed by atoms with Crippen LogP contribution in [-0.4, -0.2) is 6.71 Å². The lowest BCUT2D eigenvalue weighted by molar-refractivity contribution is 0.332. The summed E-state index contributed by atoms with van der Waals surface area (Å²) in [4.78, 5) is 5.48. The molecule has 73 heavy (non-hydrogen) atoms. The largest absolute Gasteiger partial charge is 0.311 e. The van der Waals surface area contributed by atoms with Crippen molar-refractivity contribution >= 4 is 78.0 Å². The van der Waals surface area contributed by atoms with E-state index in [0.29, 0.717) is 0 Å². The number of fused-ring (bicyclic) bond motifs is 9. The Hall–Kier alpha value is -5.84. The Kier molecular flexibility index (Phi) is 10.0. The lowest BCUT2D eigenvalue weighted by Crippen LogP contribution is -2.60. The van der Waals surface area contributed by atoms with Crippen molar-refractivity contribution in [3.63, 3.8) is 0 Å². The maximum Gasteiger partial charge on any atom is 0.264 e. The molecule has 0 radical (unpaired) electrons. The van der Waals surface area contributed by atoms with Gasteiger partial charge >= 0.3 is 0 Å². The number of rotatable bonds is 4. The summed E-state index contributed by atoms with van der Waals surface area (Å²) < 4.78 is 2.86. The second kappa shape index (κ2) is 15.6. The van der Waals surface area contributed by atoms with E-state index in [4.69, 9.17) is 0 Å². The standard InChI is InChI=1S/C69H73BN2S/c1-42-34-58-61-59(35-42)72(56-40-53-51(66(6,7)30-32-68(53,10)11)38-47(56)44-22-18-15-19-23-44)57-36-45(43-20-16-14-17-21-43)24-27-55(57)70(61)63-62(48-39-52-54(41-60(48)73-63)69(12,13)33-31-67(52,8)9)71(58)46-25-26-49-50(37-46)65(4,5)29-28-64(49,2)3/h14-27,34-41H,28-33H2,1-13H3. The summed E-state index contributed by atoms with van der Waals surface area (Å²) in [5, 5.41) is 1.39. The van der Waals surface area contributed by atoms with Gasteiger partial charge in [-0.05, 0) is 199 Å². The first-order chi connectivity index (χ1) is 34.5. The topological polar surface area (TPSA) is 6.48 Å². The third kappa shape index (κ3) is 7.01. The predicted molar refractivity (Wildman–Crippen MR) is 317 cm³/mol. The van der Waals surface area contributed by atoms with Crippen LogP contribution in [0.2, 0.25) is 0 Å². The van der Waals surface area contributed by atoms with Gasteiger partial charge in [-0.15, -0.1) is 11.3 Å². The molecule has 0 amide bonds. The number of nitrogens with zero attached hydrogens (tertiary/aromatic N) is 2. The first-order valence-corrected chi connectivity index (χ1v) is 28.3. The second-order valence-corrected chi connectivity index (χ2v) is 28.1. The Morgan fingerprint density at radius 1 is 0.411 bits per heavy atom. The average Bonchev–Trinajstić information content (AvgIpc) is 3.73. The van der Waals surface area contributed by atoms with Crippen molar-refractivity contribution in [2.75, 3.05) is 9.80 Å². The minimum Gasteiger partial charge on any atom is -0.311 e. The number of benzene rings is 7. The Morgan fingerprint density at radius 3 is 1.52 bits per heavy atom. The van der Waals surface area contributed by atoms with Gasteiger partial charge in [-0.25, -0.2) is 0 Å². The van der Waals surface area contributed by atoms with E-state index in [2.05, 4.69) is 245 Å². The van der Waals surface area contributed by atoms with Crippen LogP contribution in [0.25, 0.3) is 32.3 Å². The number of thiophene rings is 1. The molecule has 1 aromatic heterocycles. The molecule has 0 saturated carbocycles. The fourth-order valence-electron chi connectivity index (χ4n) is 14.4. The normalized spacial score (nSPS) is 19.8. The number of hydrogen-bond donors (Lipinski definition) is 0. The van der Waals surface area contributed by atoms with Crippen LogP contribution in [0.5, 0.6) is 0 Å². The Balaban J connectivity index is 1.17. The van der Waals surface area contributed by atoms with Gasteiger partial charge in [-0.1, -0.05) is 162 Å². The zero-order valence-electron chi connectivity index (χ0n) is 45.8. The summed E-state index contributed by atoms with van der Waals surface area (Å²) >= 11 is 2.06. The zero-order chi connectivity index (χ0) is 50.9. The Labute approximate surface area is 441 Å². The highest BCUT2D eigenvalue weighted by atomic mass is 32.1. The highest BCUT2D eigenvalue weighted by Crippen LogP contribution is 2.56. The van der Waals surface area contributed by atoms with Crippen LogP contribution >= 0.6 is 11.3 Å². The first kappa shape index (κ1) is 46.9. The first-order valence-electron chi connectivity index (χ1n) is 27.5. The summed E-state index contributed by atoms with van der Waals surface area (Å²) in [5.74, 6) is 0. The van der Waals surface area contributed by atoms with Crippen molar-refractivity contribution in [3.05, 3.63) is 172 Å². The van der Waals surface area contributed by atoms with Crippen LogP contribution < -0.4 is 25.5 Å². The highest BCUT2D eigenvalue weighted by molar-refractivity contribution is 7.33. The monoisotopic (exact) mass is 973 g/mol. The van der Waals surface area contributed by atoms with Crippen LogP contribution in [0.4, 0.5) is 34.1 Å². The molecule has 7 aromatic carbocycles. The lowest BCUT2D eigenvalue weighted by Gasteiger charge is -2.46. The van der Waals surface area contributed by atoms with Crippen LogP contribution in [-0.2, 0) is 32.5 Å². The second-order valence-electron chi connectivity index (χ2n) is 27.0. The van der Waals surface area contributed by atoms with Crippen molar-refractivity contribution in [2.24, 2.45) is 0 Å². The van der Waals surface area contributed by atoms with Gasteiger partial charge < -0.3 is 9.80 Å². The molecule has 4 heteroatoms. The van der Waals surface area contributed by atoms with Crippen molar-refractivity contribution in [1.29, 1.82) is 0 Å². The fraction of sp³-hybridized carbons (Fsp3) is 0.362. The molecule has 2 nitrogen and oxygen atoms in total. The number of hydrogen-bond acceptors (Lipinski definition) is 3. The molecule has 0 atom stereocenters. The smallest absolute Gasteiger partial charge is 0.264 e. The molecule has 8 aromatic rings. The van der Waals surface area contributed by atoms with Gasteiger partial charge in [-0.3, -0.25) is 0 Å². The molecule has 0 unspecified atom stereocenters. The molecule has 3 aliphatic carbocycles. The van der Waals surface area contributed by atoms with Gasteiger partial charge in [0.25, 0.3) is 6.71 Å². The van der Waals surface area contributed by atoms with Gasteiger partial charge in [0.05, 0.1) is 11.4 Å². The van der Waals surface area contributed by atoms with E-state index < -0.39 is 0 Å². The van der Waals surface area contributed by atoms with Gasteiger partial charge in [0.1, 0.15) is 0 Å². The molecular formula is C69H73BN2S.